The highest BCUT2D eigenvalue weighted by atomic mass is 16.5. The van der Waals surface area contributed by atoms with Gasteiger partial charge in [0.25, 0.3) is 17.7 Å². The van der Waals surface area contributed by atoms with Crippen molar-refractivity contribution < 1.29 is 38.2 Å². The summed E-state index contributed by atoms with van der Waals surface area (Å²) in [6.45, 7) is 0.218. The van der Waals surface area contributed by atoms with Gasteiger partial charge in [0, 0.05) is 12.3 Å². The molecule has 2 heterocycles. The summed E-state index contributed by atoms with van der Waals surface area (Å²) in [5, 5.41) is 2.54. The van der Waals surface area contributed by atoms with Crippen molar-refractivity contribution in [3.05, 3.63) is 64.7 Å². The van der Waals surface area contributed by atoms with Crippen molar-refractivity contribution in [2.75, 3.05) is 32.2 Å². The van der Waals surface area contributed by atoms with Crippen LogP contribution in [0.25, 0.3) is 0 Å². The van der Waals surface area contributed by atoms with Gasteiger partial charge in [0.15, 0.2) is 6.61 Å². The number of rotatable bonds is 7. The summed E-state index contributed by atoms with van der Waals surface area (Å²) in [5.41, 5.74) is 1.11. The van der Waals surface area contributed by atoms with Gasteiger partial charge in [-0.1, -0.05) is 0 Å². The van der Waals surface area contributed by atoms with Gasteiger partial charge in [-0.15, -0.1) is 0 Å². The number of imide groups is 1. The number of ether oxygens (including phenoxy) is 3. The van der Waals surface area contributed by atoms with Crippen molar-refractivity contribution >= 4 is 35.3 Å². The van der Waals surface area contributed by atoms with E-state index in [1.807, 2.05) is 0 Å². The quantitative estimate of drug-likeness (QED) is 0.485. The van der Waals surface area contributed by atoms with Crippen LogP contribution in [-0.2, 0) is 19.0 Å². The number of hydrogen-bond donors (Lipinski definition) is 1. The molecule has 10 nitrogen and oxygen atoms in total. The van der Waals surface area contributed by atoms with E-state index in [1.54, 1.807) is 0 Å². The van der Waals surface area contributed by atoms with Gasteiger partial charge in [0.2, 0.25) is 0 Å². The Balaban J connectivity index is 1.34. The Labute approximate surface area is 194 Å². The third kappa shape index (κ3) is 4.81. The number of carbonyl (C=O) groups is 5. The van der Waals surface area contributed by atoms with Gasteiger partial charge in [-0.3, -0.25) is 19.3 Å². The van der Waals surface area contributed by atoms with E-state index in [9.17, 15) is 24.0 Å². The molecule has 0 unspecified atom stereocenters. The molecule has 0 aliphatic carbocycles. The van der Waals surface area contributed by atoms with Crippen LogP contribution in [-0.4, -0.2) is 67.5 Å². The van der Waals surface area contributed by atoms with E-state index in [4.69, 9.17) is 9.47 Å². The molecule has 0 saturated carbocycles. The molecule has 2 aliphatic rings. The zero-order valence-corrected chi connectivity index (χ0v) is 18.4. The minimum atomic E-state index is -0.809. The summed E-state index contributed by atoms with van der Waals surface area (Å²) >= 11 is 0. The molecule has 10 heteroatoms. The first-order valence-corrected chi connectivity index (χ1v) is 10.6. The molecule has 2 aliphatic heterocycles. The first-order chi connectivity index (χ1) is 16.4. The predicted molar refractivity (Wildman–Crippen MR) is 117 cm³/mol. The average Bonchev–Trinajstić information content (AvgIpc) is 3.45. The molecule has 0 aromatic heterocycles. The molecule has 0 bridgehead atoms. The maximum atomic E-state index is 12.7. The monoisotopic (exact) mass is 466 g/mol. The van der Waals surface area contributed by atoms with E-state index >= 15 is 0 Å². The normalized spacial score (nSPS) is 16.9. The zero-order valence-electron chi connectivity index (χ0n) is 18.4. The van der Waals surface area contributed by atoms with E-state index in [1.165, 1.54) is 49.6 Å². The second-order valence-corrected chi connectivity index (χ2v) is 7.81. The van der Waals surface area contributed by atoms with Gasteiger partial charge < -0.3 is 19.5 Å². The third-order valence-electron chi connectivity index (χ3n) is 5.54. The summed E-state index contributed by atoms with van der Waals surface area (Å²) in [5.74, 6) is -2.81. The molecular formula is C24H22N2O8. The third-order valence-corrected chi connectivity index (χ3v) is 5.54. The van der Waals surface area contributed by atoms with Gasteiger partial charge in [0.05, 0.1) is 42.0 Å². The zero-order chi connectivity index (χ0) is 24.2. The van der Waals surface area contributed by atoms with Gasteiger partial charge in [-0.05, 0) is 55.3 Å². The summed E-state index contributed by atoms with van der Waals surface area (Å²) < 4.78 is 15.2. The Bertz CT molecular complexity index is 1150. The van der Waals surface area contributed by atoms with E-state index in [-0.39, 0.29) is 29.3 Å². The molecule has 0 radical (unpaired) electrons. The molecule has 4 rings (SSSR count). The first kappa shape index (κ1) is 23.1. The number of benzene rings is 2. The van der Waals surface area contributed by atoms with Crippen molar-refractivity contribution in [3.8, 4) is 0 Å². The number of amides is 3. The first-order valence-electron chi connectivity index (χ1n) is 10.6. The lowest BCUT2D eigenvalue weighted by Gasteiger charge is -2.17. The number of nitrogens with one attached hydrogen (secondary N) is 1. The van der Waals surface area contributed by atoms with Crippen molar-refractivity contribution in [1.82, 2.24) is 4.90 Å². The van der Waals surface area contributed by atoms with Crippen LogP contribution in [0, 0.1) is 0 Å². The van der Waals surface area contributed by atoms with Gasteiger partial charge in [-0.25, -0.2) is 9.59 Å². The second kappa shape index (κ2) is 9.84. The summed E-state index contributed by atoms with van der Waals surface area (Å²) in [4.78, 5) is 62.4. The number of esters is 2. The molecule has 1 fully saturated rings. The smallest absolute Gasteiger partial charge is 0.338 e. The average molecular weight is 466 g/mol. The fraction of sp³-hybridized carbons (Fsp3) is 0.292. The molecule has 0 spiro atoms. The van der Waals surface area contributed by atoms with Gasteiger partial charge in [-0.2, -0.15) is 0 Å². The predicted octanol–water partition coefficient (Wildman–Crippen LogP) is 2.04. The van der Waals surface area contributed by atoms with Crippen molar-refractivity contribution in [2.45, 2.75) is 18.9 Å². The summed E-state index contributed by atoms with van der Waals surface area (Å²) in [7, 11) is 1.27. The van der Waals surface area contributed by atoms with Crippen LogP contribution in [0.3, 0.4) is 0 Å². The van der Waals surface area contributed by atoms with Crippen LogP contribution < -0.4 is 5.32 Å². The van der Waals surface area contributed by atoms with Crippen LogP contribution in [0.15, 0.2) is 42.5 Å². The maximum Gasteiger partial charge on any atom is 0.338 e. The lowest BCUT2D eigenvalue weighted by molar-refractivity contribution is -0.119. The highest BCUT2D eigenvalue weighted by Crippen LogP contribution is 2.26. The molecule has 3 amide bonds. The SMILES string of the molecule is COC(=O)c1ccc(NC(=O)COC(=O)c2ccc3c(c2)C(=O)N(C[C@H]2CCCO2)C3=O)cc1. The van der Waals surface area contributed by atoms with Crippen LogP contribution in [0.5, 0.6) is 0 Å². The van der Waals surface area contributed by atoms with Crippen LogP contribution >= 0.6 is 0 Å². The van der Waals surface area contributed by atoms with Crippen LogP contribution in [0.2, 0.25) is 0 Å². The van der Waals surface area contributed by atoms with Crippen molar-refractivity contribution in [2.24, 2.45) is 0 Å². The van der Waals surface area contributed by atoms with E-state index in [0.29, 0.717) is 17.9 Å². The van der Waals surface area contributed by atoms with E-state index < -0.39 is 36.3 Å². The summed E-state index contributed by atoms with van der Waals surface area (Å²) in [6.07, 6.45) is 1.49. The summed E-state index contributed by atoms with van der Waals surface area (Å²) in [6, 6.07) is 10.1. The fourth-order valence-corrected chi connectivity index (χ4v) is 3.79. The lowest BCUT2D eigenvalue weighted by atomic mass is 10.1. The lowest BCUT2D eigenvalue weighted by Crippen LogP contribution is -2.36. The Morgan fingerprint density at radius 2 is 1.71 bits per heavy atom. The number of anilines is 1. The Hall–Kier alpha value is -4.05. The van der Waals surface area contributed by atoms with E-state index in [0.717, 1.165) is 17.7 Å². The van der Waals surface area contributed by atoms with E-state index in [2.05, 4.69) is 10.1 Å². The molecule has 1 N–H and O–H groups in total. The number of carbonyl (C=O) groups excluding carboxylic acids is 5. The topological polar surface area (TPSA) is 128 Å². The maximum absolute atomic E-state index is 12.7. The van der Waals surface area contributed by atoms with Crippen LogP contribution in [0.1, 0.15) is 54.3 Å². The number of nitrogens with zero attached hydrogens (tertiary/aromatic N) is 1. The molecular weight excluding hydrogens is 444 g/mol. The fourth-order valence-electron chi connectivity index (χ4n) is 3.79. The molecule has 1 atom stereocenters. The highest BCUT2D eigenvalue weighted by Gasteiger charge is 2.38. The molecule has 176 valence electrons. The second-order valence-electron chi connectivity index (χ2n) is 7.81. The molecule has 1 saturated heterocycles. The molecule has 34 heavy (non-hydrogen) atoms. The Morgan fingerprint density at radius 3 is 2.38 bits per heavy atom. The van der Waals surface area contributed by atoms with Gasteiger partial charge in [0.1, 0.15) is 0 Å². The minimum absolute atomic E-state index is 0.0501. The molecule has 2 aromatic carbocycles. The Morgan fingerprint density at radius 1 is 1.00 bits per heavy atom. The minimum Gasteiger partial charge on any atom is -0.465 e. The highest BCUT2D eigenvalue weighted by molar-refractivity contribution is 6.22. The number of fused-ring (bicyclic) bond motifs is 1. The number of hydrogen-bond acceptors (Lipinski definition) is 8. The van der Waals surface area contributed by atoms with Crippen molar-refractivity contribution in [3.63, 3.8) is 0 Å². The number of methoxy groups -OCH3 is 1. The molecule has 2 aromatic rings. The van der Waals surface area contributed by atoms with Crippen LogP contribution in [0.4, 0.5) is 5.69 Å². The Kier molecular flexibility index (Phi) is 6.69. The largest absolute Gasteiger partial charge is 0.465 e. The van der Waals surface area contributed by atoms with Crippen molar-refractivity contribution in [1.29, 1.82) is 0 Å². The standard InChI is InChI=1S/C24H22N2O8/c1-32-23(30)14-4-7-16(8-5-14)25-20(27)13-34-24(31)15-6-9-18-19(11-15)22(29)26(21(18)28)12-17-3-2-10-33-17/h4-9,11,17H,2-3,10,12-13H2,1H3,(H,25,27)/t17-/m1/s1. The van der Waals surface area contributed by atoms with Gasteiger partial charge >= 0.3 is 11.9 Å².